The lowest BCUT2D eigenvalue weighted by Crippen LogP contribution is -2.32. The zero-order valence-electron chi connectivity index (χ0n) is 11.8. The molecule has 106 valence electrons. The Bertz CT molecular complexity index is 421. The molecule has 0 aliphatic heterocycles. The van der Waals surface area contributed by atoms with Crippen molar-refractivity contribution in [3.05, 3.63) is 28.8 Å². The molecular weight excluding hydrogens is 262 g/mol. The molecule has 1 rings (SSSR count). The number of halogens is 1. The molecule has 1 aromatic rings. The quantitative estimate of drug-likeness (QED) is 0.806. The number of hydrogen-bond acceptors (Lipinski definition) is 3. The number of benzene rings is 1. The van der Waals surface area contributed by atoms with E-state index in [0.717, 1.165) is 22.8 Å². The van der Waals surface area contributed by atoms with Crippen molar-refractivity contribution in [3.8, 4) is 0 Å². The minimum Gasteiger partial charge on any atom is -0.384 e. The largest absolute Gasteiger partial charge is 0.384 e. The Morgan fingerprint density at radius 1 is 1.32 bits per heavy atom. The summed E-state index contributed by atoms with van der Waals surface area (Å²) < 4.78 is 0. The van der Waals surface area contributed by atoms with Gasteiger partial charge in [0.25, 0.3) is 0 Å². The summed E-state index contributed by atoms with van der Waals surface area (Å²) in [5.74, 6) is 0.0703. The zero-order valence-corrected chi connectivity index (χ0v) is 12.5. The summed E-state index contributed by atoms with van der Waals surface area (Å²) in [5, 5.41) is 6.85. The highest BCUT2D eigenvalue weighted by Gasteiger charge is 2.02. The zero-order chi connectivity index (χ0) is 14.3. The van der Waals surface area contributed by atoms with E-state index in [-0.39, 0.29) is 5.91 Å². The van der Waals surface area contributed by atoms with E-state index in [1.165, 1.54) is 0 Å². The Morgan fingerprint density at radius 2 is 2.05 bits per heavy atom. The number of nitrogens with zero attached hydrogens (tertiary/aromatic N) is 1. The number of aryl methyl sites for hydroxylation is 1. The second kappa shape index (κ2) is 8.02. The van der Waals surface area contributed by atoms with Gasteiger partial charge in [-0.25, -0.2) is 0 Å². The van der Waals surface area contributed by atoms with E-state index in [2.05, 4.69) is 10.6 Å². The molecule has 0 aliphatic carbocycles. The highest BCUT2D eigenvalue weighted by Crippen LogP contribution is 2.19. The van der Waals surface area contributed by atoms with Gasteiger partial charge in [0.1, 0.15) is 0 Å². The third kappa shape index (κ3) is 6.45. The van der Waals surface area contributed by atoms with Gasteiger partial charge in [0, 0.05) is 36.8 Å². The minimum absolute atomic E-state index is 0.0703. The van der Waals surface area contributed by atoms with Gasteiger partial charge in [-0.05, 0) is 44.8 Å². The van der Waals surface area contributed by atoms with Crippen LogP contribution in [0.4, 0.5) is 5.69 Å². The topological polar surface area (TPSA) is 44.4 Å². The lowest BCUT2D eigenvalue weighted by Gasteiger charge is -2.12. The first kappa shape index (κ1) is 15.8. The number of amides is 1. The van der Waals surface area contributed by atoms with Crippen LogP contribution in [0.5, 0.6) is 0 Å². The van der Waals surface area contributed by atoms with Crippen LogP contribution in [0.3, 0.4) is 0 Å². The fourth-order valence-electron chi connectivity index (χ4n) is 1.64. The molecule has 0 aliphatic rings. The smallest absolute Gasteiger partial charge is 0.221 e. The molecule has 1 amide bonds. The normalized spacial score (nSPS) is 10.6. The summed E-state index contributed by atoms with van der Waals surface area (Å²) in [6, 6.07) is 5.68. The van der Waals surface area contributed by atoms with Gasteiger partial charge in [-0.1, -0.05) is 11.6 Å². The van der Waals surface area contributed by atoms with Crippen molar-refractivity contribution in [2.75, 3.05) is 39.0 Å². The molecule has 5 heteroatoms. The highest BCUT2D eigenvalue weighted by molar-refractivity contribution is 6.30. The summed E-state index contributed by atoms with van der Waals surface area (Å²) in [5.41, 5.74) is 2.10. The molecule has 0 heterocycles. The standard InChI is InChI=1S/C14H22ClN3O/c1-11-10-12(15)4-5-13(11)16-7-6-14(19)17-8-9-18(2)3/h4-5,10,16H,6-9H2,1-3H3,(H,17,19). The van der Waals surface area contributed by atoms with Gasteiger partial charge in [0.2, 0.25) is 5.91 Å². The number of carbonyl (C=O) groups excluding carboxylic acids is 1. The van der Waals surface area contributed by atoms with Crippen molar-refractivity contribution in [3.63, 3.8) is 0 Å². The lowest BCUT2D eigenvalue weighted by molar-refractivity contribution is -0.120. The fourth-order valence-corrected chi connectivity index (χ4v) is 1.87. The van der Waals surface area contributed by atoms with Gasteiger partial charge in [0.15, 0.2) is 0 Å². The van der Waals surface area contributed by atoms with Gasteiger partial charge in [-0.2, -0.15) is 0 Å². The van der Waals surface area contributed by atoms with Crippen LogP contribution in [0.25, 0.3) is 0 Å². The molecule has 2 N–H and O–H groups in total. The van der Waals surface area contributed by atoms with E-state index in [1.54, 1.807) is 0 Å². The molecule has 0 atom stereocenters. The number of likely N-dealkylation sites (N-methyl/N-ethyl adjacent to an activating group) is 1. The van der Waals surface area contributed by atoms with E-state index in [1.807, 2.05) is 44.1 Å². The SMILES string of the molecule is Cc1cc(Cl)ccc1NCCC(=O)NCCN(C)C. The summed E-state index contributed by atoms with van der Waals surface area (Å²) in [4.78, 5) is 13.6. The Balaban J connectivity index is 2.24. The first-order valence-electron chi connectivity index (χ1n) is 6.40. The number of anilines is 1. The third-order valence-corrected chi connectivity index (χ3v) is 2.97. The van der Waals surface area contributed by atoms with Crippen LogP contribution in [-0.2, 0) is 4.79 Å². The first-order chi connectivity index (χ1) is 8.99. The van der Waals surface area contributed by atoms with E-state index in [4.69, 9.17) is 11.6 Å². The van der Waals surface area contributed by atoms with Crippen LogP contribution in [0.2, 0.25) is 5.02 Å². The fraction of sp³-hybridized carbons (Fsp3) is 0.500. The average molecular weight is 284 g/mol. The molecule has 0 fully saturated rings. The third-order valence-electron chi connectivity index (χ3n) is 2.74. The van der Waals surface area contributed by atoms with E-state index in [0.29, 0.717) is 19.5 Å². The molecule has 0 saturated carbocycles. The highest BCUT2D eigenvalue weighted by atomic mass is 35.5. The summed E-state index contributed by atoms with van der Waals surface area (Å²) >= 11 is 5.89. The van der Waals surface area contributed by atoms with Gasteiger partial charge in [0.05, 0.1) is 0 Å². The van der Waals surface area contributed by atoms with E-state index < -0.39 is 0 Å². The van der Waals surface area contributed by atoms with Gasteiger partial charge < -0.3 is 15.5 Å². The number of carbonyl (C=O) groups is 1. The molecule has 0 aromatic heterocycles. The van der Waals surface area contributed by atoms with Crippen LogP contribution in [0.1, 0.15) is 12.0 Å². The number of rotatable bonds is 7. The van der Waals surface area contributed by atoms with Crippen LogP contribution in [0.15, 0.2) is 18.2 Å². The maximum atomic E-state index is 11.6. The lowest BCUT2D eigenvalue weighted by atomic mass is 10.2. The first-order valence-corrected chi connectivity index (χ1v) is 6.78. The van der Waals surface area contributed by atoms with Gasteiger partial charge in [-0.3, -0.25) is 4.79 Å². The molecule has 0 saturated heterocycles. The number of nitrogens with one attached hydrogen (secondary N) is 2. The maximum Gasteiger partial charge on any atom is 0.221 e. The Hall–Kier alpha value is -1.26. The maximum absolute atomic E-state index is 11.6. The van der Waals surface area contributed by atoms with Crippen molar-refractivity contribution >= 4 is 23.2 Å². The van der Waals surface area contributed by atoms with Crippen LogP contribution < -0.4 is 10.6 Å². The predicted molar refractivity (Wildman–Crippen MR) is 80.9 cm³/mol. The van der Waals surface area contributed by atoms with Crippen molar-refractivity contribution in [2.45, 2.75) is 13.3 Å². The van der Waals surface area contributed by atoms with Crippen molar-refractivity contribution < 1.29 is 4.79 Å². The molecule has 19 heavy (non-hydrogen) atoms. The average Bonchev–Trinajstić information content (AvgIpc) is 2.31. The van der Waals surface area contributed by atoms with Crippen LogP contribution >= 0.6 is 11.6 Å². The second-order valence-electron chi connectivity index (χ2n) is 4.79. The molecule has 0 unspecified atom stereocenters. The summed E-state index contributed by atoms with van der Waals surface area (Å²) in [6.45, 7) is 4.16. The molecule has 4 nitrogen and oxygen atoms in total. The van der Waals surface area contributed by atoms with Crippen LogP contribution in [0, 0.1) is 6.92 Å². The Labute approximate surface area is 120 Å². The summed E-state index contributed by atoms with van der Waals surface area (Å²) in [7, 11) is 3.97. The second-order valence-corrected chi connectivity index (χ2v) is 5.23. The Morgan fingerprint density at radius 3 is 2.68 bits per heavy atom. The van der Waals surface area contributed by atoms with Crippen LogP contribution in [-0.4, -0.2) is 44.5 Å². The molecule has 0 spiro atoms. The molecule has 0 bridgehead atoms. The van der Waals surface area contributed by atoms with E-state index in [9.17, 15) is 4.79 Å². The monoisotopic (exact) mass is 283 g/mol. The van der Waals surface area contributed by atoms with E-state index >= 15 is 0 Å². The van der Waals surface area contributed by atoms with Gasteiger partial charge in [-0.15, -0.1) is 0 Å². The summed E-state index contributed by atoms with van der Waals surface area (Å²) in [6.07, 6.45) is 0.468. The number of hydrogen-bond donors (Lipinski definition) is 2. The van der Waals surface area contributed by atoms with Gasteiger partial charge >= 0.3 is 0 Å². The molecular formula is C14H22ClN3O. The Kier molecular flexibility index (Phi) is 6.67. The predicted octanol–water partition coefficient (Wildman–Crippen LogP) is 2.13. The van der Waals surface area contributed by atoms with Crippen molar-refractivity contribution in [1.29, 1.82) is 0 Å². The minimum atomic E-state index is 0.0703. The van der Waals surface area contributed by atoms with Crippen molar-refractivity contribution in [1.82, 2.24) is 10.2 Å². The van der Waals surface area contributed by atoms with Crippen molar-refractivity contribution in [2.24, 2.45) is 0 Å². The molecule has 0 radical (unpaired) electrons. The molecule has 1 aromatic carbocycles.